The van der Waals surface area contributed by atoms with Crippen molar-refractivity contribution in [3.05, 3.63) is 99.4 Å². The second-order valence-electron chi connectivity index (χ2n) is 10.1. The van der Waals surface area contributed by atoms with Gasteiger partial charge in [-0.25, -0.2) is 0 Å². The van der Waals surface area contributed by atoms with Crippen molar-refractivity contribution in [2.45, 2.75) is 38.6 Å². The summed E-state index contributed by atoms with van der Waals surface area (Å²) in [6.45, 7) is 3.03. The summed E-state index contributed by atoms with van der Waals surface area (Å²) in [4.78, 5) is 15.6. The Morgan fingerprint density at radius 2 is 1.85 bits per heavy atom. The zero-order valence-corrected chi connectivity index (χ0v) is 24.2. The summed E-state index contributed by atoms with van der Waals surface area (Å²) in [5.74, 6) is 1.98. The fraction of sp³-hybridized carbons (Fsp3) is 0.312. The summed E-state index contributed by atoms with van der Waals surface area (Å²) >= 11 is 6.31. The smallest absolute Gasteiger partial charge is 0.223 e. The maximum Gasteiger partial charge on any atom is 0.223 e. The Labute approximate surface area is 244 Å². The molecule has 1 unspecified atom stereocenters. The van der Waals surface area contributed by atoms with Crippen LogP contribution in [-0.4, -0.2) is 43.3 Å². The van der Waals surface area contributed by atoms with Gasteiger partial charge in [0.05, 0.1) is 38.2 Å². The predicted molar refractivity (Wildman–Crippen MR) is 158 cm³/mol. The molecule has 0 saturated heterocycles. The van der Waals surface area contributed by atoms with E-state index in [0.717, 1.165) is 33.5 Å². The van der Waals surface area contributed by atoms with Crippen molar-refractivity contribution in [3.8, 4) is 17.2 Å². The van der Waals surface area contributed by atoms with Gasteiger partial charge in [-0.2, -0.15) is 0 Å². The maximum absolute atomic E-state index is 13.6. The van der Waals surface area contributed by atoms with Gasteiger partial charge in [-0.15, -0.1) is 0 Å². The van der Waals surface area contributed by atoms with Crippen LogP contribution in [0.5, 0.6) is 17.2 Å². The minimum atomic E-state index is -0.296. The standard InChI is InChI=1S/C32H34ClN3O5/c1-20-16-23(33)5-7-25(20)32-26-19-30(40-14-11-21-4-8-27(34)28(17-21)38-2)29(39-3)18-22(26)10-13-36(32)31(37)9-6-24-12-15-41-35-24/h4-5,7-8,12,15-19,32H,6,9-11,13-14,34H2,1-3H3. The molecule has 0 fully saturated rings. The van der Waals surface area contributed by atoms with Crippen LogP contribution >= 0.6 is 11.6 Å². The molecule has 214 valence electrons. The number of hydrogen-bond donors (Lipinski definition) is 1. The van der Waals surface area contributed by atoms with Crippen molar-refractivity contribution < 1.29 is 23.5 Å². The fourth-order valence-electron chi connectivity index (χ4n) is 5.38. The van der Waals surface area contributed by atoms with Crippen molar-refractivity contribution in [1.29, 1.82) is 0 Å². The molecule has 0 saturated carbocycles. The van der Waals surface area contributed by atoms with Gasteiger partial charge >= 0.3 is 0 Å². The SMILES string of the molecule is COc1cc(CCOc2cc3c(cc2OC)CCN(C(=O)CCc2ccon2)C3c2ccc(Cl)cc2C)ccc1N. The van der Waals surface area contributed by atoms with Crippen LogP contribution < -0.4 is 19.9 Å². The van der Waals surface area contributed by atoms with Gasteiger partial charge in [0.1, 0.15) is 12.0 Å². The predicted octanol–water partition coefficient (Wildman–Crippen LogP) is 5.96. The monoisotopic (exact) mass is 575 g/mol. The highest BCUT2D eigenvalue weighted by Crippen LogP contribution is 2.42. The third-order valence-corrected chi connectivity index (χ3v) is 7.77. The van der Waals surface area contributed by atoms with E-state index in [0.29, 0.717) is 66.8 Å². The minimum absolute atomic E-state index is 0.0496. The number of fused-ring (bicyclic) bond motifs is 1. The van der Waals surface area contributed by atoms with E-state index >= 15 is 0 Å². The third-order valence-electron chi connectivity index (χ3n) is 7.53. The van der Waals surface area contributed by atoms with E-state index in [4.69, 9.17) is 36.1 Å². The van der Waals surface area contributed by atoms with Crippen LogP contribution in [0.25, 0.3) is 0 Å². The molecule has 5 rings (SSSR count). The van der Waals surface area contributed by atoms with Gasteiger partial charge in [-0.1, -0.05) is 28.9 Å². The molecule has 0 aliphatic carbocycles. The first kappa shape index (κ1) is 28.4. The molecule has 8 nitrogen and oxygen atoms in total. The van der Waals surface area contributed by atoms with Crippen molar-refractivity contribution in [2.24, 2.45) is 0 Å². The van der Waals surface area contributed by atoms with Crippen molar-refractivity contribution >= 4 is 23.2 Å². The summed E-state index contributed by atoms with van der Waals surface area (Å²) in [6, 6.07) is 17.1. The average molecular weight is 576 g/mol. The summed E-state index contributed by atoms with van der Waals surface area (Å²) in [7, 11) is 3.24. The number of nitrogens with zero attached hydrogens (tertiary/aromatic N) is 2. The highest BCUT2D eigenvalue weighted by atomic mass is 35.5. The zero-order chi connectivity index (χ0) is 28.9. The number of carbonyl (C=O) groups excluding carboxylic acids is 1. The normalized spacial score (nSPS) is 14.4. The van der Waals surface area contributed by atoms with Crippen molar-refractivity contribution in [3.63, 3.8) is 0 Å². The molecule has 41 heavy (non-hydrogen) atoms. The Hall–Kier alpha value is -4.17. The Bertz CT molecular complexity index is 1520. The largest absolute Gasteiger partial charge is 0.495 e. The quantitative estimate of drug-likeness (QED) is 0.233. The number of halogens is 1. The minimum Gasteiger partial charge on any atom is -0.495 e. The van der Waals surface area contributed by atoms with Gasteiger partial charge in [0.25, 0.3) is 0 Å². The first-order valence-corrected chi connectivity index (χ1v) is 14.0. The number of nitrogen functional groups attached to an aromatic ring is 1. The lowest BCUT2D eigenvalue weighted by molar-refractivity contribution is -0.133. The van der Waals surface area contributed by atoms with Gasteiger partial charge < -0.3 is 29.4 Å². The first-order valence-electron chi connectivity index (χ1n) is 13.6. The molecule has 3 aromatic carbocycles. The van der Waals surface area contributed by atoms with Crippen LogP contribution in [0.1, 0.15) is 46.0 Å². The number of aromatic nitrogens is 1. The average Bonchev–Trinajstić information content (AvgIpc) is 3.50. The number of amides is 1. The molecule has 2 heterocycles. The lowest BCUT2D eigenvalue weighted by Gasteiger charge is -2.39. The van der Waals surface area contributed by atoms with Gasteiger partial charge in [-0.05, 0) is 77.6 Å². The number of anilines is 1. The van der Waals surface area contributed by atoms with Crippen LogP contribution in [0.2, 0.25) is 5.02 Å². The zero-order valence-electron chi connectivity index (χ0n) is 23.5. The Kier molecular flexibility index (Phi) is 8.69. The first-order chi connectivity index (χ1) is 19.9. The van der Waals surface area contributed by atoms with Crippen molar-refractivity contribution in [1.82, 2.24) is 10.1 Å². The summed E-state index contributed by atoms with van der Waals surface area (Å²) in [6.07, 6.45) is 3.72. The Morgan fingerprint density at radius 3 is 2.59 bits per heavy atom. The number of carbonyl (C=O) groups is 1. The number of methoxy groups -OCH3 is 2. The molecule has 0 bridgehead atoms. The second kappa shape index (κ2) is 12.6. The Balaban J connectivity index is 1.45. The van der Waals surface area contributed by atoms with Gasteiger partial charge in [0.2, 0.25) is 5.91 Å². The molecule has 1 aromatic heterocycles. The van der Waals surface area contributed by atoms with Crippen LogP contribution in [-0.2, 0) is 24.1 Å². The Morgan fingerprint density at radius 1 is 1.02 bits per heavy atom. The van der Waals surface area contributed by atoms with E-state index in [9.17, 15) is 4.79 Å². The number of aryl methyl sites for hydroxylation is 2. The topological polar surface area (TPSA) is 100 Å². The van der Waals surface area contributed by atoms with Crippen LogP contribution in [0.4, 0.5) is 5.69 Å². The molecule has 0 radical (unpaired) electrons. The third kappa shape index (κ3) is 6.28. The van der Waals surface area contributed by atoms with E-state index < -0.39 is 0 Å². The molecule has 4 aromatic rings. The van der Waals surface area contributed by atoms with Crippen LogP contribution in [0.3, 0.4) is 0 Å². The number of rotatable bonds is 10. The van der Waals surface area contributed by atoms with Crippen LogP contribution in [0, 0.1) is 6.92 Å². The molecule has 2 N–H and O–H groups in total. The highest BCUT2D eigenvalue weighted by Gasteiger charge is 2.34. The number of nitrogens with two attached hydrogens (primary N) is 1. The summed E-state index contributed by atoms with van der Waals surface area (Å²) in [5.41, 5.74) is 12.5. The van der Waals surface area contributed by atoms with E-state index in [1.54, 1.807) is 20.3 Å². The molecule has 1 amide bonds. The fourth-order valence-corrected chi connectivity index (χ4v) is 5.61. The van der Waals surface area contributed by atoms with Crippen molar-refractivity contribution in [2.75, 3.05) is 33.1 Å². The van der Waals surface area contributed by atoms with E-state index in [-0.39, 0.29) is 11.9 Å². The second-order valence-corrected chi connectivity index (χ2v) is 10.5. The van der Waals surface area contributed by atoms with Gasteiger partial charge in [0.15, 0.2) is 11.5 Å². The van der Waals surface area contributed by atoms with Gasteiger partial charge in [0, 0.05) is 36.9 Å². The van der Waals surface area contributed by atoms with Crippen LogP contribution in [0.15, 0.2) is 65.4 Å². The molecule has 0 spiro atoms. The number of ether oxygens (including phenoxy) is 3. The highest BCUT2D eigenvalue weighted by molar-refractivity contribution is 6.30. The number of hydrogen-bond acceptors (Lipinski definition) is 7. The lowest BCUT2D eigenvalue weighted by atomic mass is 9.85. The molecule has 1 atom stereocenters. The maximum atomic E-state index is 13.6. The number of benzene rings is 3. The van der Waals surface area contributed by atoms with E-state index in [1.807, 2.05) is 60.4 Å². The lowest BCUT2D eigenvalue weighted by Crippen LogP contribution is -2.41. The summed E-state index contributed by atoms with van der Waals surface area (Å²) in [5, 5.41) is 4.62. The molecular weight excluding hydrogens is 542 g/mol. The summed E-state index contributed by atoms with van der Waals surface area (Å²) < 4.78 is 22.3. The molecule has 1 aliphatic heterocycles. The molecule has 1 aliphatic rings. The molecular formula is C32H34ClN3O5. The van der Waals surface area contributed by atoms with E-state index in [2.05, 4.69) is 5.16 Å². The molecule has 9 heteroatoms. The van der Waals surface area contributed by atoms with E-state index in [1.165, 1.54) is 6.26 Å². The van der Waals surface area contributed by atoms with Gasteiger partial charge in [-0.3, -0.25) is 4.79 Å².